The third-order valence-electron chi connectivity index (χ3n) is 1.93. The quantitative estimate of drug-likeness (QED) is 0.796. The molecular formula is C8H7F3N4O5. The molecule has 20 heavy (non-hydrogen) atoms. The molecule has 1 aromatic heterocycles. The molecule has 0 spiro atoms. The van der Waals surface area contributed by atoms with Gasteiger partial charge < -0.3 is 9.84 Å². The number of nitrogens with one attached hydrogen (secondary N) is 1. The molecule has 0 aliphatic carbocycles. The fraction of sp³-hybridized carbons (Fsp3) is 0.375. The smallest absolute Gasteiger partial charge is 0.435 e. The predicted octanol–water partition coefficient (Wildman–Crippen LogP) is -0.122. The van der Waals surface area contributed by atoms with Gasteiger partial charge in [0.1, 0.15) is 6.54 Å². The zero-order valence-corrected chi connectivity index (χ0v) is 9.76. The van der Waals surface area contributed by atoms with Gasteiger partial charge in [-0.15, -0.1) is 5.10 Å². The second-order valence-electron chi connectivity index (χ2n) is 3.29. The molecule has 2 amide bonds. The van der Waals surface area contributed by atoms with Crippen LogP contribution < -0.4 is 5.32 Å². The lowest BCUT2D eigenvalue weighted by molar-refractivity contribution is -0.145. The number of alkyl halides is 3. The molecule has 0 aromatic carbocycles. The Morgan fingerprint density at radius 3 is 2.45 bits per heavy atom. The van der Waals surface area contributed by atoms with Crippen LogP contribution in [0.25, 0.3) is 0 Å². The fourth-order valence-electron chi connectivity index (χ4n) is 1.19. The maximum Gasteiger partial charge on any atom is 0.435 e. The van der Waals surface area contributed by atoms with Crippen LogP contribution in [0.3, 0.4) is 0 Å². The number of aromatic nitrogens is 3. The summed E-state index contributed by atoms with van der Waals surface area (Å²) in [6.07, 6.45) is -6.26. The number of carboxylic acids is 1. The molecule has 0 unspecified atom stereocenters. The number of aromatic carboxylic acids is 1. The fourth-order valence-corrected chi connectivity index (χ4v) is 1.19. The number of alkyl carbamates (subject to hydrolysis) is 1. The Morgan fingerprint density at radius 2 is 2.00 bits per heavy atom. The lowest BCUT2D eigenvalue weighted by Crippen LogP contribution is -2.34. The number of amides is 2. The van der Waals surface area contributed by atoms with Crippen molar-refractivity contribution in [3.8, 4) is 0 Å². The summed E-state index contributed by atoms with van der Waals surface area (Å²) in [4.78, 5) is 32.5. The number of carbonyl (C=O) groups excluding carboxylic acids is 2. The van der Waals surface area contributed by atoms with E-state index in [-0.39, 0.29) is 4.68 Å². The number of carbonyl (C=O) groups is 3. The van der Waals surface area contributed by atoms with Gasteiger partial charge in [-0.25, -0.2) is 14.3 Å². The highest BCUT2D eigenvalue weighted by molar-refractivity contribution is 5.91. The molecule has 12 heteroatoms. The first-order valence-corrected chi connectivity index (χ1v) is 4.78. The third kappa shape index (κ3) is 3.43. The molecule has 1 heterocycles. The molecule has 110 valence electrons. The van der Waals surface area contributed by atoms with Crippen molar-refractivity contribution in [2.75, 3.05) is 7.11 Å². The standard InChI is InChI=1S/C8H7F3N4O5/c1-20-7(19)12-3(16)2-15-5(8(9,10)11)4(6(17)18)13-14-15/h2H2,1H3,(H,17,18)(H,12,16,19). The van der Waals surface area contributed by atoms with Gasteiger partial charge in [0.2, 0.25) is 5.69 Å². The first-order chi connectivity index (χ1) is 9.16. The van der Waals surface area contributed by atoms with Crippen LogP contribution in [0.4, 0.5) is 18.0 Å². The molecule has 0 radical (unpaired) electrons. The lowest BCUT2D eigenvalue weighted by atomic mass is 10.3. The Morgan fingerprint density at radius 1 is 1.40 bits per heavy atom. The number of methoxy groups -OCH3 is 1. The van der Waals surface area contributed by atoms with Crippen molar-refractivity contribution in [3.63, 3.8) is 0 Å². The summed E-state index contributed by atoms with van der Waals surface area (Å²) in [5.74, 6) is -3.12. The topological polar surface area (TPSA) is 123 Å². The van der Waals surface area contributed by atoms with Crippen LogP contribution in [0.5, 0.6) is 0 Å². The van der Waals surface area contributed by atoms with Gasteiger partial charge in [-0.1, -0.05) is 5.21 Å². The molecule has 0 aliphatic heterocycles. The van der Waals surface area contributed by atoms with Gasteiger partial charge in [0.25, 0.3) is 5.91 Å². The second-order valence-corrected chi connectivity index (χ2v) is 3.29. The Balaban J connectivity index is 3.05. The van der Waals surface area contributed by atoms with E-state index in [2.05, 4.69) is 15.0 Å². The first kappa shape index (κ1) is 15.4. The summed E-state index contributed by atoms with van der Waals surface area (Å²) < 4.78 is 42.2. The number of rotatable bonds is 3. The number of hydrogen-bond donors (Lipinski definition) is 2. The Labute approximate surface area is 108 Å². The van der Waals surface area contributed by atoms with E-state index < -0.39 is 42.1 Å². The molecule has 9 nitrogen and oxygen atoms in total. The van der Waals surface area contributed by atoms with E-state index in [0.717, 1.165) is 7.11 Å². The number of nitrogens with zero attached hydrogens (tertiary/aromatic N) is 3. The van der Waals surface area contributed by atoms with Gasteiger partial charge >= 0.3 is 18.2 Å². The molecule has 2 N–H and O–H groups in total. The minimum absolute atomic E-state index is 0.0295. The van der Waals surface area contributed by atoms with Crippen molar-refractivity contribution in [2.24, 2.45) is 0 Å². The summed E-state index contributed by atoms with van der Waals surface area (Å²) in [6.45, 7) is -1.05. The van der Waals surface area contributed by atoms with E-state index in [4.69, 9.17) is 5.11 Å². The van der Waals surface area contributed by atoms with E-state index in [1.165, 1.54) is 0 Å². The van der Waals surface area contributed by atoms with Crippen LogP contribution in [0, 0.1) is 0 Å². The second kappa shape index (κ2) is 5.54. The zero-order valence-electron chi connectivity index (χ0n) is 9.76. The molecule has 0 bridgehead atoms. The van der Waals surface area contributed by atoms with Crippen molar-refractivity contribution >= 4 is 18.0 Å². The number of halogens is 3. The first-order valence-electron chi connectivity index (χ1n) is 4.78. The number of hydrogen-bond acceptors (Lipinski definition) is 6. The van der Waals surface area contributed by atoms with Crippen LogP contribution >= 0.6 is 0 Å². The highest BCUT2D eigenvalue weighted by Gasteiger charge is 2.42. The molecular weight excluding hydrogens is 289 g/mol. The van der Waals surface area contributed by atoms with Crippen molar-refractivity contribution in [2.45, 2.75) is 12.7 Å². The van der Waals surface area contributed by atoms with E-state index in [1.807, 2.05) is 0 Å². The average Bonchev–Trinajstić information content (AvgIpc) is 2.72. The van der Waals surface area contributed by atoms with E-state index >= 15 is 0 Å². The average molecular weight is 296 g/mol. The minimum atomic E-state index is -5.08. The van der Waals surface area contributed by atoms with Gasteiger partial charge in [0.05, 0.1) is 7.11 Å². The maximum atomic E-state index is 12.7. The Kier molecular flexibility index (Phi) is 4.27. The van der Waals surface area contributed by atoms with Gasteiger partial charge in [-0.2, -0.15) is 13.2 Å². The molecule has 1 aromatic rings. The Bertz CT molecular complexity index is 553. The molecule has 1 rings (SSSR count). The number of ether oxygens (including phenoxy) is 1. The summed E-state index contributed by atoms with van der Waals surface area (Å²) >= 11 is 0. The van der Waals surface area contributed by atoms with Crippen molar-refractivity contribution in [1.82, 2.24) is 20.3 Å². The summed E-state index contributed by atoms with van der Waals surface area (Å²) in [5.41, 5.74) is -3.05. The highest BCUT2D eigenvalue weighted by Crippen LogP contribution is 2.30. The monoisotopic (exact) mass is 296 g/mol. The lowest BCUT2D eigenvalue weighted by Gasteiger charge is -2.09. The van der Waals surface area contributed by atoms with Gasteiger partial charge in [0.15, 0.2) is 5.69 Å². The summed E-state index contributed by atoms with van der Waals surface area (Å²) in [5, 5.41) is 15.9. The normalized spacial score (nSPS) is 11.0. The van der Waals surface area contributed by atoms with Crippen molar-refractivity contribution in [1.29, 1.82) is 0 Å². The maximum absolute atomic E-state index is 12.7. The zero-order chi connectivity index (χ0) is 15.5. The van der Waals surface area contributed by atoms with E-state index in [9.17, 15) is 27.6 Å². The summed E-state index contributed by atoms with van der Waals surface area (Å²) in [7, 11) is 0.946. The van der Waals surface area contributed by atoms with E-state index in [1.54, 1.807) is 5.32 Å². The van der Waals surface area contributed by atoms with Crippen LogP contribution in [-0.4, -0.2) is 45.2 Å². The molecule has 0 saturated heterocycles. The predicted molar refractivity (Wildman–Crippen MR) is 52.5 cm³/mol. The van der Waals surface area contributed by atoms with Gasteiger partial charge in [-0.3, -0.25) is 10.1 Å². The van der Waals surface area contributed by atoms with Crippen LogP contribution in [0.2, 0.25) is 0 Å². The largest absolute Gasteiger partial charge is 0.476 e. The minimum Gasteiger partial charge on any atom is -0.476 e. The van der Waals surface area contributed by atoms with Crippen LogP contribution in [-0.2, 0) is 22.3 Å². The molecule has 0 atom stereocenters. The number of carboxylic acid groups (broad SMARTS) is 1. The molecule has 0 fully saturated rings. The van der Waals surface area contributed by atoms with Gasteiger partial charge in [-0.05, 0) is 0 Å². The van der Waals surface area contributed by atoms with Gasteiger partial charge in [0, 0.05) is 0 Å². The molecule has 0 aliphatic rings. The van der Waals surface area contributed by atoms with Crippen molar-refractivity contribution in [3.05, 3.63) is 11.4 Å². The van der Waals surface area contributed by atoms with Crippen LogP contribution in [0.15, 0.2) is 0 Å². The highest BCUT2D eigenvalue weighted by atomic mass is 19.4. The Hall–Kier alpha value is -2.66. The SMILES string of the molecule is COC(=O)NC(=O)Cn1nnc(C(=O)O)c1C(F)(F)F. The number of imide groups is 1. The van der Waals surface area contributed by atoms with Crippen LogP contribution in [0.1, 0.15) is 16.2 Å². The third-order valence-corrected chi connectivity index (χ3v) is 1.93. The van der Waals surface area contributed by atoms with Crippen molar-refractivity contribution < 1.29 is 37.4 Å². The molecule has 0 saturated carbocycles. The summed E-state index contributed by atoms with van der Waals surface area (Å²) in [6, 6.07) is 0. The van der Waals surface area contributed by atoms with E-state index in [0.29, 0.717) is 0 Å².